The van der Waals surface area contributed by atoms with Gasteiger partial charge in [-0.15, -0.1) is 11.3 Å². The predicted molar refractivity (Wildman–Crippen MR) is 268 cm³/mol. The van der Waals surface area contributed by atoms with Crippen LogP contribution in [-0.4, -0.2) is 0 Å². The van der Waals surface area contributed by atoms with E-state index >= 15 is 0 Å². The monoisotopic (exact) mass is 829 g/mol. The molecule has 0 saturated heterocycles. The second-order valence-corrected chi connectivity index (χ2v) is 18.5. The van der Waals surface area contributed by atoms with Gasteiger partial charge in [-0.2, -0.15) is 0 Å². The lowest BCUT2D eigenvalue weighted by molar-refractivity contribution is 0.633. The molecular formula is C62H39NS. The van der Waals surface area contributed by atoms with Crippen LogP contribution in [0, 0.1) is 0 Å². The lowest BCUT2D eigenvalue weighted by Gasteiger charge is -2.49. The Bertz CT molecular complexity index is 3610. The highest BCUT2D eigenvalue weighted by Gasteiger charge is 2.58. The van der Waals surface area contributed by atoms with E-state index in [9.17, 15) is 0 Å². The van der Waals surface area contributed by atoms with E-state index in [0.717, 1.165) is 17.1 Å². The second-order valence-electron chi connectivity index (χ2n) is 17.5. The molecule has 0 bridgehead atoms. The Labute approximate surface area is 376 Å². The van der Waals surface area contributed by atoms with E-state index in [2.05, 4.69) is 241 Å². The molecule has 0 fully saturated rings. The van der Waals surface area contributed by atoms with Crippen LogP contribution in [0.15, 0.2) is 237 Å². The molecule has 0 unspecified atom stereocenters. The maximum atomic E-state index is 2.52. The van der Waals surface area contributed by atoms with E-state index in [-0.39, 0.29) is 0 Å². The third-order valence-corrected chi connectivity index (χ3v) is 15.7. The lowest BCUT2D eigenvalue weighted by Crippen LogP contribution is -2.43. The van der Waals surface area contributed by atoms with Crippen LogP contribution >= 0.6 is 11.3 Å². The maximum absolute atomic E-state index is 2.52. The van der Waals surface area contributed by atoms with Crippen molar-refractivity contribution in [1.82, 2.24) is 0 Å². The molecule has 14 rings (SSSR count). The molecule has 1 heterocycles. The van der Waals surface area contributed by atoms with Crippen LogP contribution in [0.25, 0.3) is 53.6 Å². The number of benzene rings is 10. The summed E-state index contributed by atoms with van der Waals surface area (Å²) in [5.41, 5.74) is 20.6. The summed E-state index contributed by atoms with van der Waals surface area (Å²) in [6.07, 6.45) is 0. The zero-order valence-corrected chi connectivity index (χ0v) is 35.7. The second kappa shape index (κ2) is 13.4. The molecular weight excluding hydrogens is 791 g/mol. The molecule has 2 spiro atoms. The quantitative estimate of drug-likeness (QED) is 0.171. The summed E-state index contributed by atoms with van der Waals surface area (Å²) < 4.78 is 2.63. The summed E-state index contributed by atoms with van der Waals surface area (Å²) in [6, 6.07) is 89.1. The summed E-state index contributed by atoms with van der Waals surface area (Å²) in [7, 11) is 0. The number of hydrogen-bond donors (Lipinski definition) is 0. The Kier molecular flexibility index (Phi) is 7.47. The van der Waals surface area contributed by atoms with E-state index in [1.54, 1.807) is 0 Å². The summed E-state index contributed by atoms with van der Waals surface area (Å²) in [5.74, 6) is 0. The first-order valence-electron chi connectivity index (χ1n) is 22.3. The van der Waals surface area contributed by atoms with Gasteiger partial charge in [0.2, 0.25) is 0 Å². The molecule has 0 aliphatic heterocycles. The van der Waals surface area contributed by atoms with Gasteiger partial charge in [-0.05, 0) is 121 Å². The van der Waals surface area contributed by atoms with E-state index in [1.165, 1.54) is 98.1 Å². The first kappa shape index (κ1) is 35.8. The van der Waals surface area contributed by atoms with Gasteiger partial charge >= 0.3 is 0 Å². The molecule has 2 heteroatoms. The van der Waals surface area contributed by atoms with Crippen LogP contribution in [-0.2, 0) is 10.8 Å². The number of anilines is 3. The summed E-state index contributed by atoms with van der Waals surface area (Å²) in [4.78, 5) is 2.48. The SMILES string of the molecule is c1ccc(N(c2ccc3c(c2)C2(c4ccccc4-3)c3ccccc3C3(c4ccccc4-c4ccccc43)c3ccccc32)c2ccccc2-c2ccc3sc4ccccc4c3c2)cc1. The Morgan fingerprint density at radius 1 is 0.281 bits per heavy atom. The van der Waals surface area contributed by atoms with Gasteiger partial charge < -0.3 is 4.90 Å². The summed E-state index contributed by atoms with van der Waals surface area (Å²) in [6.45, 7) is 0. The Hall–Kier alpha value is -7.78. The molecule has 1 aromatic heterocycles. The van der Waals surface area contributed by atoms with Gasteiger partial charge in [-0.3, -0.25) is 0 Å². The van der Waals surface area contributed by atoms with Crippen LogP contribution in [0.5, 0.6) is 0 Å². The molecule has 298 valence electrons. The zero-order valence-electron chi connectivity index (χ0n) is 34.9. The van der Waals surface area contributed by atoms with Crippen LogP contribution < -0.4 is 4.90 Å². The normalized spacial score (nSPS) is 14.2. The Morgan fingerprint density at radius 2 is 0.734 bits per heavy atom. The summed E-state index contributed by atoms with van der Waals surface area (Å²) >= 11 is 1.87. The lowest BCUT2D eigenvalue weighted by atomic mass is 9.52. The molecule has 10 aromatic carbocycles. The van der Waals surface area contributed by atoms with Crippen molar-refractivity contribution < 1.29 is 0 Å². The van der Waals surface area contributed by atoms with Crippen LogP contribution in [0.3, 0.4) is 0 Å². The number of nitrogens with zero attached hydrogens (tertiary/aromatic N) is 1. The van der Waals surface area contributed by atoms with Crippen molar-refractivity contribution >= 4 is 48.6 Å². The van der Waals surface area contributed by atoms with E-state index < -0.39 is 10.8 Å². The minimum absolute atomic E-state index is 0.481. The van der Waals surface area contributed by atoms with E-state index in [1.807, 2.05) is 11.3 Å². The standard InChI is InChI=1S/C62H39NS/c1-2-18-41(19-3-1)63(58-32-16-7-20-43(58)40-34-37-60-49(38-40)48-24-8-17-33-59(48)64-60)42-35-36-47-46-23-6-11-27-52(46)62(57(47)39-42)55-30-14-12-28-53(55)61(54-29-13-15-31-56(54)62)50-25-9-4-21-44(50)45-22-5-10-26-51(45)61/h1-39H. The molecule has 0 amide bonds. The van der Waals surface area contributed by atoms with Crippen LogP contribution in [0.2, 0.25) is 0 Å². The third-order valence-electron chi connectivity index (χ3n) is 14.6. The first-order chi connectivity index (χ1) is 31.8. The highest BCUT2D eigenvalue weighted by molar-refractivity contribution is 7.25. The van der Waals surface area contributed by atoms with Gasteiger partial charge in [0.1, 0.15) is 0 Å². The highest BCUT2D eigenvalue weighted by atomic mass is 32.1. The van der Waals surface area contributed by atoms with Crippen molar-refractivity contribution in [3.8, 4) is 33.4 Å². The zero-order chi connectivity index (χ0) is 42.0. The molecule has 3 aliphatic carbocycles. The first-order valence-corrected chi connectivity index (χ1v) is 23.1. The van der Waals surface area contributed by atoms with Crippen molar-refractivity contribution in [3.63, 3.8) is 0 Å². The molecule has 11 aromatic rings. The maximum Gasteiger partial charge on any atom is 0.0720 e. The van der Waals surface area contributed by atoms with Crippen molar-refractivity contribution in [1.29, 1.82) is 0 Å². The average Bonchev–Trinajstić information content (AvgIpc) is 3.99. The van der Waals surface area contributed by atoms with E-state index in [4.69, 9.17) is 0 Å². The number of fused-ring (bicyclic) bond motifs is 19. The largest absolute Gasteiger partial charge is 0.310 e. The van der Waals surface area contributed by atoms with Gasteiger partial charge in [-0.25, -0.2) is 0 Å². The number of thiophene rings is 1. The highest BCUT2D eigenvalue weighted by Crippen LogP contribution is 2.67. The fourth-order valence-corrected chi connectivity index (χ4v) is 13.3. The van der Waals surface area contributed by atoms with Gasteiger partial charge in [0.05, 0.1) is 16.5 Å². The molecule has 0 saturated carbocycles. The Morgan fingerprint density at radius 3 is 1.34 bits per heavy atom. The van der Waals surface area contributed by atoms with Crippen LogP contribution in [0.1, 0.15) is 44.5 Å². The van der Waals surface area contributed by atoms with Crippen molar-refractivity contribution in [3.05, 3.63) is 281 Å². The van der Waals surface area contributed by atoms with Crippen LogP contribution in [0.4, 0.5) is 17.1 Å². The minimum Gasteiger partial charge on any atom is -0.310 e. The predicted octanol–water partition coefficient (Wildman–Crippen LogP) is 16.2. The number of para-hydroxylation sites is 2. The molecule has 3 aliphatic rings. The smallest absolute Gasteiger partial charge is 0.0720 e. The van der Waals surface area contributed by atoms with E-state index in [0.29, 0.717) is 0 Å². The summed E-state index contributed by atoms with van der Waals surface area (Å²) in [5, 5.41) is 2.61. The van der Waals surface area contributed by atoms with Crippen molar-refractivity contribution in [2.45, 2.75) is 10.8 Å². The van der Waals surface area contributed by atoms with Gasteiger partial charge in [0, 0.05) is 37.1 Å². The topological polar surface area (TPSA) is 3.24 Å². The van der Waals surface area contributed by atoms with Gasteiger partial charge in [0.15, 0.2) is 0 Å². The number of hydrogen-bond acceptors (Lipinski definition) is 2. The molecule has 0 atom stereocenters. The molecule has 0 N–H and O–H groups in total. The van der Waals surface area contributed by atoms with Crippen molar-refractivity contribution in [2.24, 2.45) is 0 Å². The average molecular weight is 830 g/mol. The fourth-order valence-electron chi connectivity index (χ4n) is 12.2. The number of rotatable bonds is 4. The minimum atomic E-state index is -0.584. The molecule has 64 heavy (non-hydrogen) atoms. The fraction of sp³-hybridized carbons (Fsp3) is 0.0323. The molecule has 1 nitrogen and oxygen atoms in total. The third kappa shape index (κ3) is 4.57. The van der Waals surface area contributed by atoms with Gasteiger partial charge in [0.25, 0.3) is 0 Å². The Balaban J connectivity index is 1.05. The van der Waals surface area contributed by atoms with Crippen molar-refractivity contribution in [2.75, 3.05) is 4.90 Å². The van der Waals surface area contributed by atoms with Gasteiger partial charge in [-0.1, -0.05) is 188 Å². The molecule has 0 radical (unpaired) electrons.